The van der Waals surface area contributed by atoms with Crippen LogP contribution in [-0.2, 0) is 4.79 Å². The molecule has 1 aliphatic carbocycles. The van der Waals surface area contributed by atoms with Gasteiger partial charge in [0.1, 0.15) is 5.82 Å². The lowest BCUT2D eigenvalue weighted by Crippen LogP contribution is -2.49. The van der Waals surface area contributed by atoms with Crippen LogP contribution in [0.25, 0.3) is 0 Å². The van der Waals surface area contributed by atoms with E-state index in [0.29, 0.717) is 24.9 Å². The lowest BCUT2D eigenvalue weighted by molar-refractivity contribution is -0.128. The van der Waals surface area contributed by atoms with E-state index in [4.69, 9.17) is 4.98 Å². The van der Waals surface area contributed by atoms with Crippen LogP contribution in [0.1, 0.15) is 43.1 Å². The highest BCUT2D eigenvalue weighted by molar-refractivity contribution is 7.99. The highest BCUT2D eigenvalue weighted by atomic mass is 32.2. The molecule has 1 aliphatic heterocycles. The third-order valence-electron chi connectivity index (χ3n) is 6.19. The highest BCUT2D eigenvalue weighted by Crippen LogP contribution is 2.35. The van der Waals surface area contributed by atoms with Crippen LogP contribution in [-0.4, -0.2) is 52.3 Å². The number of hydrogen-bond acceptors (Lipinski definition) is 4. The number of carbonyl (C=O) groups excluding carboxylic acids is 1. The molecular formula is C22H29FN4OS. The van der Waals surface area contributed by atoms with Crippen molar-refractivity contribution in [1.82, 2.24) is 14.5 Å². The maximum atomic E-state index is 13.1. The Bertz CT molecular complexity index is 852. The average Bonchev–Trinajstić information content (AvgIpc) is 3.35. The molecule has 0 unspecified atom stereocenters. The van der Waals surface area contributed by atoms with E-state index in [-0.39, 0.29) is 11.7 Å². The largest absolute Gasteiger partial charge is 0.368 e. The van der Waals surface area contributed by atoms with Crippen LogP contribution >= 0.6 is 11.8 Å². The molecule has 0 bridgehead atoms. The second kappa shape index (κ2) is 8.78. The molecule has 2 aliphatic rings. The number of hydrogen-bond donors (Lipinski definition) is 0. The first-order chi connectivity index (χ1) is 14.0. The van der Waals surface area contributed by atoms with Gasteiger partial charge in [0.15, 0.2) is 5.16 Å². The van der Waals surface area contributed by atoms with Gasteiger partial charge in [-0.05, 0) is 51.0 Å². The molecule has 1 saturated heterocycles. The number of thioether (sulfide) groups is 1. The third kappa shape index (κ3) is 4.44. The Hall–Kier alpha value is -2.02. The van der Waals surface area contributed by atoms with Gasteiger partial charge < -0.3 is 14.4 Å². The van der Waals surface area contributed by atoms with E-state index in [2.05, 4.69) is 23.3 Å². The van der Waals surface area contributed by atoms with Gasteiger partial charge in [0.05, 0.1) is 11.4 Å². The summed E-state index contributed by atoms with van der Waals surface area (Å²) in [5, 5.41) is 0.991. The van der Waals surface area contributed by atoms with Crippen LogP contribution in [0.3, 0.4) is 0 Å². The van der Waals surface area contributed by atoms with Crippen LogP contribution in [0.5, 0.6) is 0 Å². The Morgan fingerprint density at radius 2 is 1.76 bits per heavy atom. The van der Waals surface area contributed by atoms with Gasteiger partial charge in [-0.3, -0.25) is 4.79 Å². The highest BCUT2D eigenvalue weighted by Gasteiger charge is 2.25. The first kappa shape index (κ1) is 20.3. The van der Waals surface area contributed by atoms with Crippen molar-refractivity contribution in [3.8, 4) is 0 Å². The van der Waals surface area contributed by atoms with Crippen molar-refractivity contribution in [3.05, 3.63) is 41.5 Å². The van der Waals surface area contributed by atoms with E-state index in [1.54, 1.807) is 23.9 Å². The van der Waals surface area contributed by atoms with Crippen molar-refractivity contribution >= 4 is 23.4 Å². The Morgan fingerprint density at radius 3 is 2.41 bits per heavy atom. The molecule has 4 rings (SSSR count). The number of nitrogens with zero attached hydrogens (tertiary/aromatic N) is 4. The topological polar surface area (TPSA) is 41.4 Å². The molecule has 1 amide bonds. The lowest BCUT2D eigenvalue weighted by Gasteiger charge is -2.36. The zero-order valence-electron chi connectivity index (χ0n) is 17.2. The molecular weight excluding hydrogens is 387 g/mol. The van der Waals surface area contributed by atoms with Crippen LogP contribution < -0.4 is 4.90 Å². The number of anilines is 1. The summed E-state index contributed by atoms with van der Waals surface area (Å²) in [6, 6.07) is 7.11. The monoisotopic (exact) mass is 416 g/mol. The molecule has 1 aromatic heterocycles. The number of carbonyl (C=O) groups is 1. The van der Waals surface area contributed by atoms with E-state index < -0.39 is 0 Å². The fourth-order valence-corrected chi connectivity index (χ4v) is 5.44. The van der Waals surface area contributed by atoms with Gasteiger partial charge >= 0.3 is 0 Å². The van der Waals surface area contributed by atoms with Crippen molar-refractivity contribution in [2.45, 2.75) is 50.7 Å². The van der Waals surface area contributed by atoms with Gasteiger partial charge in [-0.2, -0.15) is 0 Å². The Morgan fingerprint density at radius 1 is 1.10 bits per heavy atom. The van der Waals surface area contributed by atoms with E-state index in [1.807, 2.05) is 4.90 Å². The van der Waals surface area contributed by atoms with Crippen LogP contribution in [0.4, 0.5) is 10.1 Å². The molecule has 2 heterocycles. The molecule has 29 heavy (non-hydrogen) atoms. The molecule has 1 saturated carbocycles. The molecule has 156 valence electrons. The van der Waals surface area contributed by atoms with Gasteiger partial charge in [0.25, 0.3) is 0 Å². The first-order valence-electron chi connectivity index (χ1n) is 10.5. The van der Waals surface area contributed by atoms with Gasteiger partial charge in [-0.25, -0.2) is 9.37 Å². The minimum Gasteiger partial charge on any atom is -0.368 e. The summed E-state index contributed by atoms with van der Waals surface area (Å²) in [5.41, 5.74) is 3.32. The third-order valence-corrected chi connectivity index (χ3v) is 7.13. The molecule has 2 fully saturated rings. The number of aryl methyl sites for hydroxylation is 1. The summed E-state index contributed by atoms with van der Waals surface area (Å²) in [4.78, 5) is 21.7. The van der Waals surface area contributed by atoms with Gasteiger partial charge in [-0.1, -0.05) is 24.6 Å². The van der Waals surface area contributed by atoms with Crippen LogP contribution in [0, 0.1) is 19.7 Å². The summed E-state index contributed by atoms with van der Waals surface area (Å²) in [6.07, 6.45) is 4.98. The maximum Gasteiger partial charge on any atom is 0.233 e. The van der Waals surface area contributed by atoms with E-state index in [1.165, 1.54) is 43.5 Å². The second-order valence-electron chi connectivity index (χ2n) is 8.01. The number of imidazole rings is 1. The van der Waals surface area contributed by atoms with Crippen molar-refractivity contribution in [2.24, 2.45) is 0 Å². The van der Waals surface area contributed by atoms with Gasteiger partial charge in [-0.15, -0.1) is 0 Å². The minimum absolute atomic E-state index is 0.171. The number of amides is 1. The van der Waals surface area contributed by atoms with E-state index in [0.717, 1.165) is 29.6 Å². The maximum absolute atomic E-state index is 13.1. The Labute approximate surface area is 176 Å². The van der Waals surface area contributed by atoms with Crippen molar-refractivity contribution in [1.29, 1.82) is 0 Å². The van der Waals surface area contributed by atoms with Gasteiger partial charge in [0.2, 0.25) is 5.91 Å². The molecule has 7 heteroatoms. The molecule has 0 radical (unpaired) electrons. The summed E-state index contributed by atoms with van der Waals surface area (Å²) in [5.74, 6) is 0.380. The summed E-state index contributed by atoms with van der Waals surface area (Å²) in [6.45, 7) is 7.15. The first-order valence-corrected chi connectivity index (χ1v) is 11.5. The summed E-state index contributed by atoms with van der Waals surface area (Å²) in [7, 11) is 0. The molecule has 1 aromatic carbocycles. The molecule has 0 atom stereocenters. The standard InChI is InChI=1S/C22H29FN4OS/c1-16-17(2)27(20-5-3-4-6-20)22(24-16)29-15-21(28)26-13-11-25(12-14-26)19-9-7-18(23)8-10-19/h7-10,20H,3-6,11-15H2,1-2H3. The predicted molar refractivity (Wildman–Crippen MR) is 115 cm³/mol. The minimum atomic E-state index is -0.221. The normalized spacial score (nSPS) is 17.9. The fraction of sp³-hybridized carbons (Fsp3) is 0.545. The quantitative estimate of drug-likeness (QED) is 0.685. The van der Waals surface area contributed by atoms with Gasteiger partial charge in [0, 0.05) is 43.6 Å². The van der Waals surface area contributed by atoms with E-state index >= 15 is 0 Å². The molecule has 0 N–H and O–H groups in total. The Kier molecular flexibility index (Phi) is 6.13. The smallest absolute Gasteiger partial charge is 0.233 e. The molecule has 2 aromatic rings. The molecule has 0 spiro atoms. The number of halogens is 1. The number of benzene rings is 1. The Balaban J connectivity index is 1.33. The average molecular weight is 417 g/mol. The van der Waals surface area contributed by atoms with Crippen LogP contribution in [0.15, 0.2) is 29.4 Å². The van der Waals surface area contributed by atoms with Crippen LogP contribution in [0.2, 0.25) is 0 Å². The zero-order valence-corrected chi connectivity index (χ0v) is 18.1. The van der Waals surface area contributed by atoms with Crippen molar-refractivity contribution in [3.63, 3.8) is 0 Å². The zero-order chi connectivity index (χ0) is 20.4. The number of aromatic nitrogens is 2. The molecule has 5 nitrogen and oxygen atoms in total. The predicted octanol–water partition coefficient (Wildman–Crippen LogP) is 4.20. The SMILES string of the molecule is Cc1nc(SCC(=O)N2CCN(c3ccc(F)cc3)CC2)n(C2CCCC2)c1C. The van der Waals surface area contributed by atoms with Crippen molar-refractivity contribution < 1.29 is 9.18 Å². The number of piperazine rings is 1. The lowest BCUT2D eigenvalue weighted by atomic mass is 10.2. The van der Waals surface area contributed by atoms with Crippen molar-refractivity contribution in [2.75, 3.05) is 36.8 Å². The summed E-state index contributed by atoms with van der Waals surface area (Å²) < 4.78 is 15.5. The summed E-state index contributed by atoms with van der Waals surface area (Å²) >= 11 is 1.57. The second-order valence-corrected chi connectivity index (χ2v) is 8.95. The number of rotatable bonds is 5. The van der Waals surface area contributed by atoms with E-state index in [9.17, 15) is 9.18 Å². The fourth-order valence-electron chi connectivity index (χ4n) is 4.37.